The molecule has 0 unspecified atom stereocenters. The molecule has 15 heavy (non-hydrogen) atoms. The van der Waals surface area contributed by atoms with Gasteiger partial charge >= 0.3 is 11.9 Å². The van der Waals surface area contributed by atoms with Gasteiger partial charge in [0.15, 0.2) is 0 Å². The Morgan fingerprint density at radius 2 is 1.60 bits per heavy atom. The fourth-order valence-electron chi connectivity index (χ4n) is 1.20. The summed E-state index contributed by atoms with van der Waals surface area (Å²) in [6.45, 7) is 1.60. The first-order valence-corrected chi connectivity index (χ1v) is 5.40. The molecule has 0 aliphatic rings. The number of carboxylic acids is 2. The predicted octanol–water partition coefficient (Wildman–Crippen LogP) is 2.92. The van der Waals surface area contributed by atoms with E-state index >= 15 is 0 Å². The van der Waals surface area contributed by atoms with Gasteiger partial charge in [-0.1, -0.05) is 0 Å². The van der Waals surface area contributed by atoms with Gasteiger partial charge in [0, 0.05) is 8.95 Å². The number of carbonyl (C=O) groups is 2. The molecule has 0 fully saturated rings. The SMILES string of the molecule is Cc1cc(Br)c(C(=O)O)c(Br)c1C(=O)O. The molecular weight excluding hydrogens is 332 g/mol. The van der Waals surface area contributed by atoms with Gasteiger partial charge in [-0.15, -0.1) is 0 Å². The number of hydrogen-bond donors (Lipinski definition) is 2. The molecule has 0 aromatic heterocycles. The zero-order valence-electron chi connectivity index (χ0n) is 7.54. The molecule has 0 aliphatic heterocycles. The monoisotopic (exact) mass is 336 g/mol. The van der Waals surface area contributed by atoms with Crippen molar-refractivity contribution in [2.24, 2.45) is 0 Å². The van der Waals surface area contributed by atoms with Crippen LogP contribution in [-0.4, -0.2) is 22.2 Å². The molecule has 1 aromatic rings. The van der Waals surface area contributed by atoms with Crippen LogP contribution in [-0.2, 0) is 0 Å². The number of carboxylic acid groups (broad SMARTS) is 2. The van der Waals surface area contributed by atoms with E-state index in [4.69, 9.17) is 10.2 Å². The molecule has 6 heteroatoms. The predicted molar refractivity (Wildman–Crippen MR) is 60.5 cm³/mol. The summed E-state index contributed by atoms with van der Waals surface area (Å²) in [5.41, 5.74) is 0.375. The second-order valence-corrected chi connectivity index (χ2v) is 4.50. The van der Waals surface area contributed by atoms with Gasteiger partial charge in [0.1, 0.15) is 0 Å². The zero-order valence-corrected chi connectivity index (χ0v) is 10.7. The van der Waals surface area contributed by atoms with Gasteiger partial charge in [-0.3, -0.25) is 0 Å². The lowest BCUT2D eigenvalue weighted by atomic mass is 10.1. The van der Waals surface area contributed by atoms with Crippen LogP contribution >= 0.6 is 31.9 Å². The lowest BCUT2D eigenvalue weighted by Crippen LogP contribution is -2.08. The summed E-state index contributed by atoms with van der Waals surface area (Å²) in [7, 11) is 0. The third-order valence-electron chi connectivity index (χ3n) is 1.84. The Labute approximate surface area is 102 Å². The first-order valence-electron chi connectivity index (χ1n) is 3.81. The molecule has 0 saturated carbocycles. The van der Waals surface area contributed by atoms with E-state index in [1.807, 2.05) is 0 Å². The Kier molecular flexibility index (Phi) is 3.51. The molecule has 0 spiro atoms. The van der Waals surface area contributed by atoms with E-state index in [1.54, 1.807) is 6.92 Å². The van der Waals surface area contributed by atoms with Crippen LogP contribution in [0.5, 0.6) is 0 Å². The highest BCUT2D eigenvalue weighted by atomic mass is 79.9. The highest BCUT2D eigenvalue weighted by Gasteiger charge is 2.21. The number of halogens is 2. The van der Waals surface area contributed by atoms with Crippen LogP contribution in [0.3, 0.4) is 0 Å². The third-order valence-corrected chi connectivity index (χ3v) is 3.26. The van der Waals surface area contributed by atoms with E-state index < -0.39 is 11.9 Å². The van der Waals surface area contributed by atoms with E-state index in [-0.39, 0.29) is 15.6 Å². The van der Waals surface area contributed by atoms with E-state index in [0.29, 0.717) is 10.0 Å². The van der Waals surface area contributed by atoms with Gasteiger partial charge < -0.3 is 10.2 Å². The van der Waals surface area contributed by atoms with Crippen LogP contribution in [0.4, 0.5) is 0 Å². The number of aromatic carboxylic acids is 2. The number of benzene rings is 1. The van der Waals surface area contributed by atoms with Crippen molar-refractivity contribution in [1.29, 1.82) is 0 Å². The Morgan fingerprint density at radius 3 is 2.00 bits per heavy atom. The van der Waals surface area contributed by atoms with Crippen molar-refractivity contribution in [3.05, 3.63) is 31.7 Å². The Bertz CT molecular complexity index is 416. The molecule has 0 amide bonds. The van der Waals surface area contributed by atoms with Gasteiger partial charge in [0.2, 0.25) is 0 Å². The largest absolute Gasteiger partial charge is 0.478 e. The van der Waals surface area contributed by atoms with Crippen LogP contribution in [0, 0.1) is 6.92 Å². The van der Waals surface area contributed by atoms with Gasteiger partial charge in [0.05, 0.1) is 11.1 Å². The lowest BCUT2D eigenvalue weighted by Gasteiger charge is -2.09. The summed E-state index contributed by atoms with van der Waals surface area (Å²) < 4.78 is 0.429. The maximum Gasteiger partial charge on any atom is 0.338 e. The van der Waals surface area contributed by atoms with Crippen molar-refractivity contribution in [1.82, 2.24) is 0 Å². The molecular formula is C9H6Br2O4. The second-order valence-electron chi connectivity index (χ2n) is 2.85. The number of aryl methyl sites for hydroxylation is 1. The quantitative estimate of drug-likeness (QED) is 0.870. The van der Waals surface area contributed by atoms with Gasteiger partial charge in [-0.25, -0.2) is 9.59 Å². The van der Waals surface area contributed by atoms with Crippen LogP contribution in [0.2, 0.25) is 0 Å². The zero-order chi connectivity index (χ0) is 11.7. The highest BCUT2D eigenvalue weighted by Crippen LogP contribution is 2.31. The summed E-state index contributed by atoms with van der Waals surface area (Å²) in [4.78, 5) is 21.8. The molecule has 0 aliphatic carbocycles. The molecule has 1 rings (SSSR count). The van der Waals surface area contributed by atoms with Crippen molar-refractivity contribution in [2.45, 2.75) is 6.92 Å². The molecule has 0 atom stereocenters. The Hall–Kier alpha value is -0.880. The molecule has 4 nitrogen and oxygen atoms in total. The van der Waals surface area contributed by atoms with Gasteiger partial charge in [-0.2, -0.15) is 0 Å². The van der Waals surface area contributed by atoms with Crippen molar-refractivity contribution >= 4 is 43.8 Å². The minimum absolute atomic E-state index is 0.0319. The van der Waals surface area contributed by atoms with E-state index in [9.17, 15) is 9.59 Å². The molecule has 0 bridgehead atoms. The van der Waals surface area contributed by atoms with E-state index in [2.05, 4.69) is 31.9 Å². The van der Waals surface area contributed by atoms with Gasteiger partial charge in [-0.05, 0) is 50.4 Å². The summed E-state index contributed by atoms with van der Waals surface area (Å²) >= 11 is 6.07. The van der Waals surface area contributed by atoms with Crippen LogP contribution in [0.1, 0.15) is 26.3 Å². The molecule has 2 N–H and O–H groups in total. The second kappa shape index (κ2) is 4.32. The van der Waals surface area contributed by atoms with E-state index in [1.165, 1.54) is 6.07 Å². The normalized spacial score (nSPS) is 10.1. The summed E-state index contributed by atoms with van der Waals surface area (Å²) in [6, 6.07) is 1.47. The van der Waals surface area contributed by atoms with Crippen LogP contribution in [0.25, 0.3) is 0 Å². The summed E-state index contributed by atoms with van der Waals surface area (Å²) in [6.07, 6.45) is 0. The Balaban J connectivity index is 3.64. The maximum atomic E-state index is 10.9. The molecule has 0 heterocycles. The van der Waals surface area contributed by atoms with Crippen molar-refractivity contribution in [3.8, 4) is 0 Å². The molecule has 80 valence electrons. The van der Waals surface area contributed by atoms with Crippen LogP contribution in [0.15, 0.2) is 15.0 Å². The van der Waals surface area contributed by atoms with Crippen molar-refractivity contribution in [3.63, 3.8) is 0 Å². The van der Waals surface area contributed by atoms with E-state index in [0.717, 1.165) is 0 Å². The summed E-state index contributed by atoms with van der Waals surface area (Å²) in [5, 5.41) is 17.8. The first-order chi connectivity index (χ1) is 6.86. The minimum atomic E-state index is -1.18. The fraction of sp³-hybridized carbons (Fsp3) is 0.111. The molecule has 1 aromatic carbocycles. The topological polar surface area (TPSA) is 74.6 Å². The lowest BCUT2D eigenvalue weighted by molar-refractivity contribution is 0.0695. The minimum Gasteiger partial charge on any atom is -0.478 e. The first kappa shape index (κ1) is 12.2. The maximum absolute atomic E-state index is 10.9. The van der Waals surface area contributed by atoms with Crippen molar-refractivity contribution < 1.29 is 19.8 Å². The van der Waals surface area contributed by atoms with Crippen molar-refractivity contribution in [2.75, 3.05) is 0 Å². The fourth-order valence-corrected chi connectivity index (χ4v) is 3.04. The average molecular weight is 338 g/mol. The van der Waals surface area contributed by atoms with Crippen LogP contribution < -0.4 is 0 Å². The standard InChI is InChI=1S/C9H6Br2O4/c1-3-2-4(10)6(9(14)15)7(11)5(3)8(12)13/h2H,1H3,(H,12,13)(H,14,15). The highest BCUT2D eigenvalue weighted by molar-refractivity contribution is 9.11. The summed E-state index contributed by atoms with van der Waals surface area (Å²) in [5.74, 6) is -2.34. The number of hydrogen-bond acceptors (Lipinski definition) is 2. The smallest absolute Gasteiger partial charge is 0.338 e. The van der Waals surface area contributed by atoms with Gasteiger partial charge in [0.25, 0.3) is 0 Å². The molecule has 0 radical (unpaired) electrons. The number of rotatable bonds is 2. The molecule has 0 saturated heterocycles. The Morgan fingerprint density at radius 1 is 1.13 bits per heavy atom. The average Bonchev–Trinajstić information content (AvgIpc) is 1.99. The third kappa shape index (κ3) is 2.21.